The van der Waals surface area contributed by atoms with E-state index in [4.69, 9.17) is 25.8 Å². The molecule has 0 aliphatic carbocycles. The number of carboxylic acid groups (broad SMARTS) is 1. The van der Waals surface area contributed by atoms with Gasteiger partial charge in [-0.3, -0.25) is 4.79 Å². The Kier molecular flexibility index (Phi) is 8.89. The van der Waals surface area contributed by atoms with Crippen molar-refractivity contribution in [1.82, 2.24) is 9.97 Å². The number of ether oxygens (including phenoxy) is 3. The van der Waals surface area contributed by atoms with E-state index in [1.807, 2.05) is 0 Å². The number of hydrogen-bond acceptors (Lipinski definition) is 7. The van der Waals surface area contributed by atoms with Gasteiger partial charge in [0.1, 0.15) is 6.61 Å². The van der Waals surface area contributed by atoms with Crippen molar-refractivity contribution in [3.05, 3.63) is 118 Å². The molecule has 0 bridgehead atoms. The first-order valence-corrected chi connectivity index (χ1v) is 12.4. The van der Waals surface area contributed by atoms with Crippen LogP contribution in [-0.4, -0.2) is 46.6 Å². The monoisotopic (exact) mass is 586 g/mol. The lowest BCUT2D eigenvalue weighted by atomic mass is 9.81. The van der Waals surface area contributed by atoms with Crippen LogP contribution in [0.4, 0.5) is 13.2 Å². The number of halogens is 4. The van der Waals surface area contributed by atoms with Gasteiger partial charge in [-0.1, -0.05) is 84.4 Å². The normalized spacial score (nSPS) is 12.4. The quantitative estimate of drug-likeness (QED) is 0.219. The molecule has 1 heterocycles. The van der Waals surface area contributed by atoms with Gasteiger partial charge in [-0.15, -0.1) is 0 Å². The highest BCUT2D eigenvalue weighted by molar-refractivity contribution is 6.34. The molecule has 0 amide bonds. The van der Waals surface area contributed by atoms with Crippen LogP contribution in [0.5, 0.6) is 11.9 Å². The summed E-state index contributed by atoms with van der Waals surface area (Å²) >= 11 is 6.19. The van der Waals surface area contributed by atoms with E-state index in [1.54, 1.807) is 72.8 Å². The highest BCUT2D eigenvalue weighted by Gasteiger charge is 2.51. The standard InChI is InChI=1S/C29H22ClF3N2O6/c1-39-24-16-23(29(31,32)33)34-27(35-24)41-25(26(37)38)28(18-10-4-2-5-11-18,19-12-6-3-7-13-19)40-17-22(36)20-14-8-9-15-21(20)30/h2-16,25H,17H2,1H3,(H,37,38). The van der Waals surface area contributed by atoms with Gasteiger partial charge in [0.15, 0.2) is 17.1 Å². The molecule has 8 nitrogen and oxygen atoms in total. The highest BCUT2D eigenvalue weighted by atomic mass is 35.5. The number of benzene rings is 3. The van der Waals surface area contributed by atoms with Crippen molar-refractivity contribution in [1.29, 1.82) is 0 Å². The molecular formula is C29H22ClF3N2O6. The minimum Gasteiger partial charge on any atom is -0.481 e. The molecule has 0 spiro atoms. The second-order valence-corrected chi connectivity index (χ2v) is 8.98. The largest absolute Gasteiger partial charge is 0.481 e. The number of Topliss-reactive ketones (excluding diaryl/α,β-unsaturated/α-hetero) is 1. The number of methoxy groups -OCH3 is 1. The molecule has 0 saturated heterocycles. The number of aliphatic carboxylic acids is 1. The number of nitrogens with zero attached hydrogens (tertiary/aromatic N) is 2. The first-order chi connectivity index (χ1) is 19.6. The molecule has 0 saturated carbocycles. The maximum absolute atomic E-state index is 13.6. The summed E-state index contributed by atoms with van der Waals surface area (Å²) in [4.78, 5) is 33.3. The highest BCUT2D eigenvalue weighted by Crippen LogP contribution is 2.40. The number of rotatable bonds is 11. The second kappa shape index (κ2) is 12.4. The molecule has 1 N–H and O–H groups in total. The van der Waals surface area contributed by atoms with E-state index in [0.717, 1.165) is 7.11 Å². The Balaban J connectivity index is 1.89. The van der Waals surface area contributed by atoms with Crippen LogP contribution < -0.4 is 9.47 Å². The van der Waals surface area contributed by atoms with Crippen molar-refractivity contribution in [2.75, 3.05) is 13.7 Å². The van der Waals surface area contributed by atoms with Gasteiger partial charge in [-0.25, -0.2) is 4.79 Å². The van der Waals surface area contributed by atoms with Crippen LogP contribution >= 0.6 is 11.6 Å². The summed E-state index contributed by atoms with van der Waals surface area (Å²) in [5, 5.41) is 10.6. The van der Waals surface area contributed by atoms with E-state index >= 15 is 0 Å². The van der Waals surface area contributed by atoms with Gasteiger partial charge < -0.3 is 19.3 Å². The lowest BCUT2D eigenvalue weighted by molar-refractivity contribution is -0.163. The number of carbonyl (C=O) groups excluding carboxylic acids is 1. The van der Waals surface area contributed by atoms with E-state index < -0.39 is 53.8 Å². The number of alkyl halides is 3. The molecule has 1 aromatic heterocycles. The third kappa shape index (κ3) is 6.47. The zero-order chi connectivity index (χ0) is 29.6. The van der Waals surface area contributed by atoms with Crippen molar-refractivity contribution in [2.45, 2.75) is 17.9 Å². The Morgan fingerprint density at radius 2 is 1.46 bits per heavy atom. The van der Waals surface area contributed by atoms with Crippen molar-refractivity contribution in [3.63, 3.8) is 0 Å². The number of hydrogen-bond donors (Lipinski definition) is 1. The Labute approximate surface area is 237 Å². The summed E-state index contributed by atoms with van der Waals surface area (Å²) < 4.78 is 57.4. The van der Waals surface area contributed by atoms with E-state index in [-0.39, 0.29) is 21.7 Å². The average Bonchev–Trinajstić information content (AvgIpc) is 2.97. The van der Waals surface area contributed by atoms with Gasteiger partial charge in [0, 0.05) is 11.6 Å². The SMILES string of the molecule is COc1cc(C(F)(F)F)nc(OC(C(=O)O)C(OCC(=O)c2ccccc2Cl)(c2ccccc2)c2ccccc2)n1. The topological polar surface area (TPSA) is 108 Å². The molecule has 12 heteroatoms. The summed E-state index contributed by atoms with van der Waals surface area (Å²) in [5.41, 5.74) is -2.92. The number of carbonyl (C=O) groups is 2. The summed E-state index contributed by atoms with van der Waals surface area (Å²) in [6.07, 6.45) is -7.01. The van der Waals surface area contributed by atoms with E-state index in [1.165, 1.54) is 12.1 Å². The summed E-state index contributed by atoms with van der Waals surface area (Å²) in [5.74, 6) is -2.72. The Morgan fingerprint density at radius 3 is 1.98 bits per heavy atom. The molecule has 1 atom stereocenters. The van der Waals surface area contributed by atoms with Gasteiger partial charge in [0.25, 0.3) is 0 Å². The van der Waals surface area contributed by atoms with Gasteiger partial charge in [-0.2, -0.15) is 23.1 Å². The zero-order valence-corrected chi connectivity index (χ0v) is 22.1. The summed E-state index contributed by atoms with van der Waals surface area (Å²) in [7, 11) is 1.09. The molecule has 0 radical (unpaired) electrons. The third-order valence-electron chi connectivity index (χ3n) is 6.01. The van der Waals surface area contributed by atoms with Crippen molar-refractivity contribution >= 4 is 23.4 Å². The molecule has 1 unspecified atom stereocenters. The van der Waals surface area contributed by atoms with Gasteiger partial charge in [-0.05, 0) is 23.3 Å². The number of carboxylic acids is 1. The Hall–Kier alpha value is -4.48. The zero-order valence-electron chi connectivity index (χ0n) is 21.3. The first kappa shape index (κ1) is 29.5. The van der Waals surface area contributed by atoms with Crippen molar-refractivity contribution in [2.24, 2.45) is 0 Å². The van der Waals surface area contributed by atoms with Crippen LogP contribution in [0.2, 0.25) is 5.02 Å². The van der Waals surface area contributed by atoms with Crippen molar-refractivity contribution in [3.8, 4) is 11.9 Å². The predicted octanol–water partition coefficient (Wildman–Crippen LogP) is 5.83. The molecule has 41 heavy (non-hydrogen) atoms. The lowest BCUT2D eigenvalue weighted by Crippen LogP contribution is -2.52. The van der Waals surface area contributed by atoms with Crippen LogP contribution in [0.25, 0.3) is 0 Å². The predicted molar refractivity (Wildman–Crippen MR) is 141 cm³/mol. The minimum absolute atomic E-state index is 0.128. The molecule has 4 rings (SSSR count). The summed E-state index contributed by atoms with van der Waals surface area (Å²) in [6.45, 7) is -0.673. The fourth-order valence-electron chi connectivity index (χ4n) is 4.15. The molecule has 212 valence electrons. The molecular weight excluding hydrogens is 565 g/mol. The third-order valence-corrected chi connectivity index (χ3v) is 6.34. The van der Waals surface area contributed by atoms with Crippen LogP contribution in [0.1, 0.15) is 27.2 Å². The van der Waals surface area contributed by atoms with E-state index in [2.05, 4.69) is 9.97 Å². The Bertz CT molecular complexity index is 1480. The van der Waals surface area contributed by atoms with E-state index in [0.29, 0.717) is 6.07 Å². The average molecular weight is 587 g/mol. The fourth-order valence-corrected chi connectivity index (χ4v) is 4.39. The molecule has 0 fully saturated rings. The fraction of sp³-hybridized carbons (Fsp3) is 0.172. The number of aromatic nitrogens is 2. The van der Waals surface area contributed by atoms with Crippen LogP contribution in [0.15, 0.2) is 91.0 Å². The maximum atomic E-state index is 13.6. The van der Waals surface area contributed by atoms with Crippen LogP contribution in [0.3, 0.4) is 0 Å². The molecule has 0 aliphatic heterocycles. The van der Waals surface area contributed by atoms with Crippen LogP contribution in [0, 0.1) is 0 Å². The molecule has 4 aromatic rings. The van der Waals surface area contributed by atoms with Crippen molar-refractivity contribution < 1.29 is 42.1 Å². The van der Waals surface area contributed by atoms with Gasteiger partial charge in [0.05, 0.1) is 12.1 Å². The second-order valence-electron chi connectivity index (χ2n) is 8.57. The Morgan fingerprint density at radius 1 is 0.902 bits per heavy atom. The number of ketones is 1. The van der Waals surface area contributed by atoms with Crippen LogP contribution in [-0.2, 0) is 21.3 Å². The maximum Gasteiger partial charge on any atom is 0.433 e. The first-order valence-electron chi connectivity index (χ1n) is 12.0. The minimum atomic E-state index is -4.92. The summed E-state index contributed by atoms with van der Waals surface area (Å²) in [6, 6.07) is 21.8. The van der Waals surface area contributed by atoms with Gasteiger partial charge in [0.2, 0.25) is 12.0 Å². The lowest BCUT2D eigenvalue weighted by Gasteiger charge is -2.38. The smallest absolute Gasteiger partial charge is 0.433 e. The van der Waals surface area contributed by atoms with Gasteiger partial charge >= 0.3 is 18.2 Å². The molecule has 3 aromatic carbocycles. The molecule has 0 aliphatic rings. The van der Waals surface area contributed by atoms with E-state index in [9.17, 15) is 27.9 Å².